The molecule has 2 N–H and O–H groups in total. The van der Waals surface area contributed by atoms with Gasteiger partial charge in [0.2, 0.25) is 0 Å². The number of hydrogen-bond donors (Lipinski definition) is 1. The summed E-state index contributed by atoms with van der Waals surface area (Å²) in [6.07, 6.45) is 0. The maximum absolute atomic E-state index is 12.4. The molecular formula is C19H19NO3. The highest BCUT2D eigenvalue weighted by molar-refractivity contribution is 5.80. The molecule has 0 atom stereocenters. The summed E-state index contributed by atoms with van der Waals surface area (Å²) in [5, 5.41) is 0.599. The van der Waals surface area contributed by atoms with Gasteiger partial charge in [0.1, 0.15) is 17.1 Å². The van der Waals surface area contributed by atoms with Crippen molar-refractivity contribution >= 4 is 16.7 Å². The molecule has 0 aliphatic heterocycles. The largest absolute Gasteiger partial charge is 0.495 e. The molecule has 118 valence electrons. The van der Waals surface area contributed by atoms with E-state index in [9.17, 15) is 4.79 Å². The van der Waals surface area contributed by atoms with Crippen LogP contribution in [0.4, 0.5) is 5.69 Å². The Labute approximate surface area is 134 Å². The van der Waals surface area contributed by atoms with E-state index in [1.165, 1.54) is 6.07 Å². The van der Waals surface area contributed by atoms with Crippen LogP contribution in [0.15, 0.2) is 51.7 Å². The van der Waals surface area contributed by atoms with Gasteiger partial charge in [-0.05, 0) is 41.8 Å². The molecule has 0 spiro atoms. The van der Waals surface area contributed by atoms with Gasteiger partial charge in [0.25, 0.3) is 0 Å². The van der Waals surface area contributed by atoms with E-state index in [1.54, 1.807) is 19.2 Å². The Morgan fingerprint density at radius 3 is 2.52 bits per heavy atom. The highest BCUT2D eigenvalue weighted by Gasteiger charge is 2.10. The third-order valence-corrected chi connectivity index (χ3v) is 3.93. The van der Waals surface area contributed by atoms with Gasteiger partial charge in [-0.2, -0.15) is 0 Å². The van der Waals surface area contributed by atoms with Gasteiger partial charge in [-0.15, -0.1) is 0 Å². The zero-order chi connectivity index (χ0) is 16.6. The minimum atomic E-state index is -0.0573. The van der Waals surface area contributed by atoms with Gasteiger partial charge < -0.3 is 14.9 Å². The molecule has 1 heterocycles. The maximum atomic E-state index is 12.4. The normalized spacial score (nSPS) is 11.1. The Morgan fingerprint density at radius 2 is 1.87 bits per heavy atom. The van der Waals surface area contributed by atoms with E-state index in [0.717, 1.165) is 11.1 Å². The Bertz CT molecular complexity index is 926. The summed E-state index contributed by atoms with van der Waals surface area (Å²) in [5.41, 5.74) is 8.81. The monoisotopic (exact) mass is 309 g/mol. The molecule has 0 bridgehead atoms. The van der Waals surface area contributed by atoms with Crippen molar-refractivity contribution in [3.8, 4) is 17.1 Å². The molecule has 23 heavy (non-hydrogen) atoms. The van der Waals surface area contributed by atoms with Crippen molar-refractivity contribution in [2.45, 2.75) is 19.8 Å². The first-order valence-electron chi connectivity index (χ1n) is 7.51. The SMILES string of the molecule is COc1ccc(-c2cc(=O)c3cc(C(C)C)ccc3o2)cc1N. The molecule has 0 saturated heterocycles. The molecule has 3 rings (SSSR count). The average molecular weight is 309 g/mol. The molecule has 0 fully saturated rings. The first-order valence-corrected chi connectivity index (χ1v) is 7.51. The van der Waals surface area contributed by atoms with Gasteiger partial charge >= 0.3 is 0 Å². The molecule has 0 radical (unpaired) electrons. The van der Waals surface area contributed by atoms with Crippen LogP contribution in [-0.2, 0) is 0 Å². The summed E-state index contributed by atoms with van der Waals surface area (Å²) in [5.74, 6) is 1.45. The second kappa shape index (κ2) is 5.80. The molecular weight excluding hydrogens is 290 g/mol. The van der Waals surface area contributed by atoms with Crippen LogP contribution in [0.1, 0.15) is 25.3 Å². The number of fused-ring (bicyclic) bond motifs is 1. The molecule has 0 amide bonds. The lowest BCUT2D eigenvalue weighted by Gasteiger charge is -2.09. The number of ether oxygens (including phenoxy) is 1. The van der Waals surface area contributed by atoms with Crippen LogP contribution in [-0.4, -0.2) is 7.11 Å². The topological polar surface area (TPSA) is 65.5 Å². The quantitative estimate of drug-likeness (QED) is 0.737. The average Bonchev–Trinajstić information content (AvgIpc) is 2.54. The van der Waals surface area contributed by atoms with Crippen molar-refractivity contribution in [1.29, 1.82) is 0 Å². The molecule has 4 nitrogen and oxygen atoms in total. The first kappa shape index (κ1) is 15.2. The highest BCUT2D eigenvalue weighted by Crippen LogP contribution is 2.29. The van der Waals surface area contributed by atoms with Crippen LogP contribution >= 0.6 is 0 Å². The standard InChI is InChI=1S/C19H19NO3/c1-11(2)12-4-6-17-14(8-12)16(21)10-19(23-17)13-5-7-18(22-3)15(20)9-13/h4-11H,20H2,1-3H3. The lowest BCUT2D eigenvalue weighted by Crippen LogP contribution is -2.02. The van der Waals surface area contributed by atoms with Crippen LogP contribution in [0, 0.1) is 0 Å². The minimum Gasteiger partial charge on any atom is -0.495 e. The molecule has 2 aromatic carbocycles. The Kier molecular flexibility index (Phi) is 3.82. The van der Waals surface area contributed by atoms with E-state index in [4.69, 9.17) is 14.9 Å². The van der Waals surface area contributed by atoms with Crippen molar-refractivity contribution in [2.75, 3.05) is 12.8 Å². The number of nitrogen functional groups attached to an aromatic ring is 1. The summed E-state index contributed by atoms with van der Waals surface area (Å²) in [7, 11) is 1.56. The second-order valence-corrected chi connectivity index (χ2v) is 5.84. The summed E-state index contributed by atoms with van der Waals surface area (Å²) in [6.45, 7) is 4.19. The van der Waals surface area contributed by atoms with Crippen LogP contribution in [0.2, 0.25) is 0 Å². The third-order valence-electron chi connectivity index (χ3n) is 3.93. The fraction of sp³-hybridized carbons (Fsp3) is 0.211. The molecule has 0 aliphatic rings. The molecule has 4 heteroatoms. The van der Waals surface area contributed by atoms with E-state index >= 15 is 0 Å². The van der Waals surface area contributed by atoms with Crippen molar-refractivity contribution < 1.29 is 9.15 Å². The van der Waals surface area contributed by atoms with Gasteiger partial charge in [-0.1, -0.05) is 19.9 Å². The zero-order valence-corrected chi connectivity index (χ0v) is 13.4. The lowest BCUT2D eigenvalue weighted by molar-refractivity contribution is 0.417. The number of hydrogen-bond acceptors (Lipinski definition) is 4. The number of rotatable bonds is 3. The summed E-state index contributed by atoms with van der Waals surface area (Å²) in [4.78, 5) is 12.4. The number of methoxy groups -OCH3 is 1. The van der Waals surface area contributed by atoms with Crippen LogP contribution in [0.3, 0.4) is 0 Å². The minimum absolute atomic E-state index is 0.0573. The maximum Gasteiger partial charge on any atom is 0.193 e. The van der Waals surface area contributed by atoms with Gasteiger partial charge in [-0.3, -0.25) is 4.79 Å². The fourth-order valence-electron chi connectivity index (χ4n) is 2.56. The number of benzene rings is 2. The van der Waals surface area contributed by atoms with E-state index in [-0.39, 0.29) is 5.43 Å². The summed E-state index contributed by atoms with van der Waals surface area (Å²) < 4.78 is 11.0. The zero-order valence-electron chi connectivity index (χ0n) is 13.4. The van der Waals surface area contributed by atoms with Crippen molar-refractivity contribution in [3.05, 3.63) is 58.3 Å². The predicted octanol–water partition coefficient (Wildman–Crippen LogP) is 4.17. The molecule has 0 saturated carbocycles. The van der Waals surface area contributed by atoms with Crippen LogP contribution in [0.5, 0.6) is 5.75 Å². The van der Waals surface area contributed by atoms with Crippen LogP contribution in [0.25, 0.3) is 22.3 Å². The Hall–Kier alpha value is -2.75. The third kappa shape index (κ3) is 2.80. The lowest BCUT2D eigenvalue weighted by atomic mass is 10.0. The summed E-state index contributed by atoms with van der Waals surface area (Å²) >= 11 is 0. The smallest absolute Gasteiger partial charge is 0.193 e. The van der Waals surface area contributed by atoms with Gasteiger partial charge in [-0.25, -0.2) is 0 Å². The van der Waals surface area contributed by atoms with E-state index in [2.05, 4.69) is 13.8 Å². The Balaban J connectivity index is 2.15. The van der Waals surface area contributed by atoms with Crippen molar-refractivity contribution in [1.82, 2.24) is 0 Å². The predicted molar refractivity (Wildman–Crippen MR) is 93.0 cm³/mol. The van der Waals surface area contributed by atoms with Gasteiger partial charge in [0.15, 0.2) is 5.43 Å². The van der Waals surface area contributed by atoms with Gasteiger partial charge in [0, 0.05) is 11.6 Å². The van der Waals surface area contributed by atoms with Crippen LogP contribution < -0.4 is 15.9 Å². The van der Waals surface area contributed by atoms with Crippen molar-refractivity contribution in [2.24, 2.45) is 0 Å². The first-order chi connectivity index (χ1) is 11.0. The molecule has 0 aliphatic carbocycles. The second-order valence-electron chi connectivity index (χ2n) is 5.84. The van der Waals surface area contributed by atoms with E-state index in [0.29, 0.717) is 34.1 Å². The fourth-order valence-corrected chi connectivity index (χ4v) is 2.56. The molecule has 3 aromatic rings. The highest BCUT2D eigenvalue weighted by atomic mass is 16.5. The van der Waals surface area contributed by atoms with E-state index in [1.807, 2.05) is 24.3 Å². The Morgan fingerprint density at radius 1 is 1.09 bits per heavy atom. The number of nitrogens with two attached hydrogens (primary N) is 1. The summed E-state index contributed by atoms with van der Waals surface area (Å²) in [6, 6.07) is 12.6. The van der Waals surface area contributed by atoms with Crippen molar-refractivity contribution in [3.63, 3.8) is 0 Å². The van der Waals surface area contributed by atoms with E-state index < -0.39 is 0 Å². The van der Waals surface area contributed by atoms with Gasteiger partial charge in [0.05, 0.1) is 18.2 Å². The number of anilines is 1. The molecule has 0 unspecified atom stereocenters. The molecule has 1 aromatic heterocycles.